The van der Waals surface area contributed by atoms with Gasteiger partial charge >= 0.3 is 0 Å². The monoisotopic (exact) mass is 294 g/mol. The molecule has 1 aromatic carbocycles. The van der Waals surface area contributed by atoms with Crippen molar-refractivity contribution >= 4 is 11.8 Å². The SMILES string of the molecule is CNC(=O)[C@@H]1CN(C(=O)CCc2ccc(F)cc2)CCO1. The number of hydrogen-bond acceptors (Lipinski definition) is 3. The van der Waals surface area contributed by atoms with Crippen LogP contribution in [0.2, 0.25) is 0 Å². The third-order valence-corrected chi connectivity index (χ3v) is 3.50. The molecule has 1 aromatic rings. The Kier molecular flexibility index (Phi) is 5.27. The average molecular weight is 294 g/mol. The molecule has 2 amide bonds. The third-order valence-electron chi connectivity index (χ3n) is 3.50. The zero-order valence-electron chi connectivity index (χ0n) is 12.0. The van der Waals surface area contributed by atoms with E-state index in [1.807, 2.05) is 0 Å². The van der Waals surface area contributed by atoms with E-state index in [1.165, 1.54) is 12.1 Å². The van der Waals surface area contributed by atoms with Crippen molar-refractivity contribution in [3.63, 3.8) is 0 Å². The maximum atomic E-state index is 12.8. The second-order valence-corrected chi connectivity index (χ2v) is 4.94. The van der Waals surface area contributed by atoms with Gasteiger partial charge in [-0.15, -0.1) is 0 Å². The molecule has 1 aliphatic heterocycles. The molecule has 6 heteroatoms. The summed E-state index contributed by atoms with van der Waals surface area (Å²) in [4.78, 5) is 25.3. The molecule has 5 nitrogen and oxygen atoms in total. The van der Waals surface area contributed by atoms with E-state index in [0.29, 0.717) is 26.0 Å². The lowest BCUT2D eigenvalue weighted by molar-refractivity contribution is -0.146. The summed E-state index contributed by atoms with van der Waals surface area (Å²) >= 11 is 0. The number of amides is 2. The highest BCUT2D eigenvalue weighted by molar-refractivity contribution is 5.82. The molecular weight excluding hydrogens is 275 g/mol. The molecule has 1 fully saturated rings. The highest BCUT2D eigenvalue weighted by Crippen LogP contribution is 2.10. The van der Waals surface area contributed by atoms with Crippen LogP contribution in [0.15, 0.2) is 24.3 Å². The van der Waals surface area contributed by atoms with Crippen LogP contribution in [0.25, 0.3) is 0 Å². The summed E-state index contributed by atoms with van der Waals surface area (Å²) < 4.78 is 18.1. The molecule has 0 saturated carbocycles. The fraction of sp³-hybridized carbons (Fsp3) is 0.467. The number of benzene rings is 1. The van der Waals surface area contributed by atoms with E-state index < -0.39 is 6.10 Å². The highest BCUT2D eigenvalue weighted by Gasteiger charge is 2.28. The number of nitrogens with one attached hydrogen (secondary N) is 1. The average Bonchev–Trinajstić information content (AvgIpc) is 2.53. The van der Waals surface area contributed by atoms with Crippen LogP contribution in [0, 0.1) is 5.82 Å². The van der Waals surface area contributed by atoms with Crippen LogP contribution in [0.1, 0.15) is 12.0 Å². The molecule has 21 heavy (non-hydrogen) atoms. The Hall–Kier alpha value is -1.95. The van der Waals surface area contributed by atoms with Crippen molar-refractivity contribution in [3.05, 3.63) is 35.6 Å². The van der Waals surface area contributed by atoms with Crippen LogP contribution in [0.4, 0.5) is 4.39 Å². The molecule has 1 N–H and O–H groups in total. The molecule has 0 radical (unpaired) electrons. The number of nitrogens with zero attached hydrogens (tertiary/aromatic N) is 1. The summed E-state index contributed by atoms with van der Waals surface area (Å²) in [6.07, 6.45) is 0.297. The summed E-state index contributed by atoms with van der Waals surface area (Å²) in [6, 6.07) is 6.12. The van der Waals surface area contributed by atoms with Crippen LogP contribution in [-0.4, -0.2) is 49.6 Å². The first-order chi connectivity index (χ1) is 10.1. The number of hydrogen-bond donors (Lipinski definition) is 1. The largest absolute Gasteiger partial charge is 0.365 e. The molecule has 0 aromatic heterocycles. The number of morpholine rings is 1. The molecule has 0 unspecified atom stereocenters. The Labute approximate surface area is 123 Å². The fourth-order valence-electron chi connectivity index (χ4n) is 2.26. The molecule has 0 bridgehead atoms. The van der Waals surface area contributed by atoms with Gasteiger partial charge in [-0.05, 0) is 24.1 Å². The zero-order valence-corrected chi connectivity index (χ0v) is 12.0. The Bertz CT molecular complexity index is 504. The predicted octanol–water partition coefficient (Wildman–Crippen LogP) is 0.732. The third kappa shape index (κ3) is 4.26. The van der Waals surface area contributed by atoms with Crippen molar-refractivity contribution in [2.45, 2.75) is 18.9 Å². The Morgan fingerprint density at radius 2 is 2.10 bits per heavy atom. The van der Waals surface area contributed by atoms with Gasteiger partial charge in [-0.25, -0.2) is 4.39 Å². The first-order valence-electron chi connectivity index (χ1n) is 6.95. The first kappa shape index (κ1) is 15.4. The summed E-state index contributed by atoms with van der Waals surface area (Å²) in [7, 11) is 1.54. The van der Waals surface area contributed by atoms with Crippen LogP contribution in [0.3, 0.4) is 0 Å². The molecular formula is C15H19FN2O3. The number of aryl methyl sites for hydroxylation is 1. The van der Waals surface area contributed by atoms with E-state index in [-0.39, 0.29) is 24.2 Å². The smallest absolute Gasteiger partial charge is 0.250 e. The number of rotatable bonds is 4. The number of likely N-dealkylation sites (N-methyl/N-ethyl adjacent to an activating group) is 1. The van der Waals surface area contributed by atoms with Gasteiger partial charge in [0.15, 0.2) is 6.10 Å². The van der Waals surface area contributed by atoms with Crippen molar-refractivity contribution in [1.29, 1.82) is 0 Å². The molecule has 1 atom stereocenters. The van der Waals surface area contributed by atoms with E-state index in [1.54, 1.807) is 24.1 Å². The van der Waals surface area contributed by atoms with Gasteiger partial charge in [-0.3, -0.25) is 9.59 Å². The van der Waals surface area contributed by atoms with Crippen molar-refractivity contribution < 1.29 is 18.7 Å². The molecule has 1 heterocycles. The van der Waals surface area contributed by atoms with Crippen molar-refractivity contribution in [2.24, 2.45) is 0 Å². The van der Waals surface area contributed by atoms with Gasteiger partial charge in [-0.2, -0.15) is 0 Å². The molecule has 2 rings (SSSR count). The number of carbonyl (C=O) groups is 2. The minimum atomic E-state index is -0.599. The van der Waals surface area contributed by atoms with Crippen LogP contribution in [-0.2, 0) is 20.7 Å². The van der Waals surface area contributed by atoms with Crippen LogP contribution < -0.4 is 5.32 Å². The highest BCUT2D eigenvalue weighted by atomic mass is 19.1. The molecule has 0 spiro atoms. The lowest BCUT2D eigenvalue weighted by atomic mass is 10.1. The van der Waals surface area contributed by atoms with Crippen LogP contribution >= 0.6 is 0 Å². The van der Waals surface area contributed by atoms with Gasteiger partial charge in [0.05, 0.1) is 13.2 Å². The predicted molar refractivity (Wildman–Crippen MR) is 75.1 cm³/mol. The molecule has 1 aliphatic rings. The molecule has 1 saturated heterocycles. The van der Waals surface area contributed by atoms with E-state index in [9.17, 15) is 14.0 Å². The second-order valence-electron chi connectivity index (χ2n) is 4.94. The molecule has 0 aliphatic carbocycles. The Morgan fingerprint density at radius 3 is 2.76 bits per heavy atom. The number of ether oxygens (including phenoxy) is 1. The second kappa shape index (κ2) is 7.17. The zero-order chi connectivity index (χ0) is 15.2. The summed E-state index contributed by atoms with van der Waals surface area (Å²) in [5.41, 5.74) is 0.917. The Morgan fingerprint density at radius 1 is 1.38 bits per heavy atom. The summed E-state index contributed by atoms with van der Waals surface area (Å²) in [6.45, 7) is 1.14. The summed E-state index contributed by atoms with van der Waals surface area (Å²) in [5, 5.41) is 2.52. The van der Waals surface area contributed by atoms with Crippen molar-refractivity contribution in [3.8, 4) is 0 Å². The lowest BCUT2D eigenvalue weighted by Gasteiger charge is -2.32. The van der Waals surface area contributed by atoms with E-state index >= 15 is 0 Å². The minimum Gasteiger partial charge on any atom is -0.365 e. The molecule has 114 valence electrons. The van der Waals surface area contributed by atoms with Crippen molar-refractivity contribution in [1.82, 2.24) is 10.2 Å². The van der Waals surface area contributed by atoms with Crippen molar-refractivity contribution in [2.75, 3.05) is 26.7 Å². The quantitative estimate of drug-likeness (QED) is 0.891. The normalized spacial score (nSPS) is 18.4. The maximum absolute atomic E-state index is 12.8. The summed E-state index contributed by atoms with van der Waals surface area (Å²) in [5.74, 6) is -0.519. The van der Waals surface area contributed by atoms with Gasteiger partial charge < -0.3 is 15.0 Å². The standard InChI is InChI=1S/C15H19FN2O3/c1-17-15(20)13-10-18(8-9-21-13)14(19)7-4-11-2-5-12(16)6-3-11/h2-3,5-6,13H,4,7-10H2,1H3,(H,17,20)/t13-/m0/s1. The number of halogens is 1. The fourth-order valence-corrected chi connectivity index (χ4v) is 2.26. The maximum Gasteiger partial charge on any atom is 0.250 e. The van der Waals surface area contributed by atoms with E-state index in [0.717, 1.165) is 5.56 Å². The van der Waals surface area contributed by atoms with Crippen LogP contribution in [0.5, 0.6) is 0 Å². The van der Waals surface area contributed by atoms with Gasteiger partial charge in [0.2, 0.25) is 5.91 Å². The van der Waals surface area contributed by atoms with Gasteiger partial charge in [0, 0.05) is 20.0 Å². The van der Waals surface area contributed by atoms with E-state index in [2.05, 4.69) is 5.32 Å². The first-order valence-corrected chi connectivity index (χ1v) is 6.95. The minimum absolute atomic E-state index is 0.0171. The topological polar surface area (TPSA) is 58.6 Å². The van der Waals surface area contributed by atoms with Gasteiger partial charge in [-0.1, -0.05) is 12.1 Å². The van der Waals surface area contributed by atoms with Gasteiger partial charge in [0.1, 0.15) is 5.82 Å². The van der Waals surface area contributed by atoms with E-state index in [4.69, 9.17) is 4.74 Å². The number of carbonyl (C=O) groups excluding carboxylic acids is 2. The Balaban J connectivity index is 1.85. The van der Waals surface area contributed by atoms with Gasteiger partial charge in [0.25, 0.3) is 5.91 Å². The lowest BCUT2D eigenvalue weighted by Crippen LogP contribution is -2.51.